The highest BCUT2D eigenvalue weighted by Gasteiger charge is 2.12. The van der Waals surface area contributed by atoms with Gasteiger partial charge in [-0.15, -0.1) is 0 Å². The molecule has 0 spiro atoms. The normalized spacial score (nSPS) is 13.4. The number of ketones is 1. The van der Waals surface area contributed by atoms with Crippen LogP contribution in [-0.4, -0.2) is 44.0 Å². The van der Waals surface area contributed by atoms with E-state index in [1.165, 1.54) is 0 Å². The standard InChI is InChI=1S/C9H19NO2/c1-8(9(2)11)10(3)6-5-7-12-4/h8H,5-7H2,1-4H3. The largest absolute Gasteiger partial charge is 0.385 e. The van der Waals surface area contributed by atoms with Gasteiger partial charge in [-0.1, -0.05) is 0 Å². The van der Waals surface area contributed by atoms with Gasteiger partial charge in [0, 0.05) is 20.3 Å². The lowest BCUT2D eigenvalue weighted by Crippen LogP contribution is -2.35. The van der Waals surface area contributed by atoms with Crippen molar-refractivity contribution in [3.8, 4) is 0 Å². The number of hydrogen-bond acceptors (Lipinski definition) is 3. The number of likely N-dealkylation sites (N-methyl/N-ethyl adjacent to an activating group) is 1. The molecule has 0 aromatic carbocycles. The molecule has 72 valence electrons. The molecule has 0 aliphatic carbocycles. The minimum Gasteiger partial charge on any atom is -0.385 e. The zero-order valence-corrected chi connectivity index (χ0v) is 8.46. The third kappa shape index (κ3) is 4.46. The molecule has 0 heterocycles. The van der Waals surface area contributed by atoms with Gasteiger partial charge in [0.05, 0.1) is 6.04 Å². The molecule has 12 heavy (non-hydrogen) atoms. The fraction of sp³-hybridized carbons (Fsp3) is 0.889. The van der Waals surface area contributed by atoms with E-state index in [1.54, 1.807) is 14.0 Å². The van der Waals surface area contributed by atoms with E-state index in [4.69, 9.17) is 4.74 Å². The Morgan fingerprint density at radius 3 is 2.58 bits per heavy atom. The van der Waals surface area contributed by atoms with Crippen LogP contribution in [-0.2, 0) is 9.53 Å². The number of rotatable bonds is 6. The molecular formula is C9H19NO2. The van der Waals surface area contributed by atoms with Crippen LogP contribution in [0.25, 0.3) is 0 Å². The molecule has 0 aromatic heterocycles. The summed E-state index contributed by atoms with van der Waals surface area (Å²) >= 11 is 0. The van der Waals surface area contributed by atoms with E-state index in [1.807, 2.05) is 18.9 Å². The highest BCUT2D eigenvalue weighted by atomic mass is 16.5. The predicted molar refractivity (Wildman–Crippen MR) is 49.3 cm³/mol. The summed E-state index contributed by atoms with van der Waals surface area (Å²) in [4.78, 5) is 13.0. The number of hydrogen-bond donors (Lipinski definition) is 0. The van der Waals surface area contributed by atoms with Gasteiger partial charge in [-0.05, 0) is 27.3 Å². The first-order valence-electron chi connectivity index (χ1n) is 4.29. The molecule has 0 rings (SSSR count). The second-order valence-electron chi connectivity index (χ2n) is 3.11. The maximum Gasteiger partial charge on any atom is 0.146 e. The first-order chi connectivity index (χ1) is 5.59. The topological polar surface area (TPSA) is 29.5 Å². The molecule has 0 aliphatic heterocycles. The molecule has 3 nitrogen and oxygen atoms in total. The van der Waals surface area contributed by atoms with Crippen molar-refractivity contribution in [1.82, 2.24) is 4.90 Å². The summed E-state index contributed by atoms with van der Waals surface area (Å²) in [6, 6.07) is 0.0295. The van der Waals surface area contributed by atoms with Crippen molar-refractivity contribution in [2.45, 2.75) is 26.3 Å². The quantitative estimate of drug-likeness (QED) is 0.560. The summed E-state index contributed by atoms with van der Waals surface area (Å²) in [5.74, 6) is 0.218. The fourth-order valence-electron chi connectivity index (χ4n) is 0.962. The zero-order valence-electron chi connectivity index (χ0n) is 8.46. The number of carbonyl (C=O) groups is 1. The number of ether oxygens (including phenoxy) is 1. The molecule has 0 amide bonds. The maximum atomic E-state index is 10.9. The van der Waals surface area contributed by atoms with Crippen LogP contribution >= 0.6 is 0 Å². The molecule has 0 bridgehead atoms. The second kappa shape index (κ2) is 6.14. The number of methoxy groups -OCH3 is 1. The molecule has 0 fully saturated rings. The van der Waals surface area contributed by atoms with E-state index in [2.05, 4.69) is 0 Å². The van der Waals surface area contributed by atoms with Crippen LogP contribution < -0.4 is 0 Å². The minimum atomic E-state index is 0.0295. The van der Waals surface area contributed by atoms with Crippen molar-refractivity contribution >= 4 is 5.78 Å². The van der Waals surface area contributed by atoms with Crippen LogP contribution in [0.15, 0.2) is 0 Å². The smallest absolute Gasteiger partial charge is 0.146 e. The maximum absolute atomic E-state index is 10.9. The molecule has 0 radical (unpaired) electrons. The lowest BCUT2D eigenvalue weighted by atomic mass is 10.2. The van der Waals surface area contributed by atoms with Crippen molar-refractivity contribution in [3.05, 3.63) is 0 Å². The summed E-state index contributed by atoms with van der Waals surface area (Å²) in [6.07, 6.45) is 0.977. The van der Waals surface area contributed by atoms with Gasteiger partial charge >= 0.3 is 0 Å². The number of Topliss-reactive ketones (excluding diaryl/α,β-unsaturated/α-hetero) is 1. The predicted octanol–water partition coefficient (Wildman–Crippen LogP) is 0.932. The Morgan fingerprint density at radius 2 is 2.17 bits per heavy atom. The summed E-state index contributed by atoms with van der Waals surface area (Å²) in [5.41, 5.74) is 0. The van der Waals surface area contributed by atoms with Gasteiger partial charge < -0.3 is 4.74 Å². The summed E-state index contributed by atoms with van der Waals surface area (Å²) in [6.45, 7) is 5.22. The van der Waals surface area contributed by atoms with Gasteiger partial charge in [0.2, 0.25) is 0 Å². The minimum absolute atomic E-state index is 0.0295. The zero-order chi connectivity index (χ0) is 9.56. The van der Waals surface area contributed by atoms with Crippen LogP contribution in [0.5, 0.6) is 0 Å². The van der Waals surface area contributed by atoms with Gasteiger partial charge in [-0.3, -0.25) is 9.69 Å². The molecule has 0 aliphatic rings. The van der Waals surface area contributed by atoms with E-state index in [-0.39, 0.29) is 11.8 Å². The van der Waals surface area contributed by atoms with Crippen molar-refractivity contribution in [2.75, 3.05) is 27.3 Å². The highest BCUT2D eigenvalue weighted by molar-refractivity contribution is 5.80. The average Bonchev–Trinajstić information content (AvgIpc) is 2.03. The van der Waals surface area contributed by atoms with E-state index in [0.29, 0.717) is 0 Å². The summed E-state index contributed by atoms with van der Waals surface area (Å²) < 4.78 is 4.92. The fourth-order valence-corrected chi connectivity index (χ4v) is 0.962. The van der Waals surface area contributed by atoms with Crippen LogP contribution in [0.1, 0.15) is 20.3 Å². The molecular weight excluding hydrogens is 154 g/mol. The van der Waals surface area contributed by atoms with Gasteiger partial charge in [0.25, 0.3) is 0 Å². The van der Waals surface area contributed by atoms with Crippen molar-refractivity contribution in [2.24, 2.45) is 0 Å². The summed E-state index contributed by atoms with van der Waals surface area (Å²) in [5, 5.41) is 0. The lowest BCUT2D eigenvalue weighted by Gasteiger charge is -2.21. The third-order valence-electron chi connectivity index (χ3n) is 2.11. The van der Waals surface area contributed by atoms with Crippen LogP contribution in [0, 0.1) is 0 Å². The van der Waals surface area contributed by atoms with Crippen molar-refractivity contribution < 1.29 is 9.53 Å². The Balaban J connectivity index is 3.56. The highest BCUT2D eigenvalue weighted by Crippen LogP contribution is 1.97. The van der Waals surface area contributed by atoms with Crippen molar-refractivity contribution in [3.63, 3.8) is 0 Å². The van der Waals surface area contributed by atoms with Gasteiger partial charge in [-0.2, -0.15) is 0 Å². The average molecular weight is 173 g/mol. The first kappa shape index (κ1) is 11.6. The first-order valence-corrected chi connectivity index (χ1v) is 4.29. The van der Waals surface area contributed by atoms with Gasteiger partial charge in [0.15, 0.2) is 0 Å². The summed E-state index contributed by atoms with van der Waals surface area (Å²) in [7, 11) is 3.65. The molecule has 0 saturated carbocycles. The monoisotopic (exact) mass is 173 g/mol. The lowest BCUT2D eigenvalue weighted by molar-refractivity contribution is -0.121. The van der Waals surface area contributed by atoms with E-state index < -0.39 is 0 Å². The van der Waals surface area contributed by atoms with Crippen molar-refractivity contribution in [1.29, 1.82) is 0 Å². The van der Waals surface area contributed by atoms with Gasteiger partial charge in [-0.25, -0.2) is 0 Å². The molecule has 0 aromatic rings. The van der Waals surface area contributed by atoms with Crippen LogP contribution in [0.2, 0.25) is 0 Å². The van der Waals surface area contributed by atoms with Crippen LogP contribution in [0.4, 0.5) is 0 Å². The van der Waals surface area contributed by atoms with Crippen LogP contribution in [0.3, 0.4) is 0 Å². The van der Waals surface area contributed by atoms with E-state index in [0.717, 1.165) is 19.6 Å². The number of carbonyl (C=O) groups excluding carboxylic acids is 1. The Morgan fingerprint density at radius 1 is 1.58 bits per heavy atom. The number of nitrogens with zero attached hydrogens (tertiary/aromatic N) is 1. The van der Waals surface area contributed by atoms with Gasteiger partial charge in [0.1, 0.15) is 5.78 Å². The Bertz CT molecular complexity index is 136. The SMILES string of the molecule is COCCCN(C)C(C)C(C)=O. The Hall–Kier alpha value is -0.410. The third-order valence-corrected chi connectivity index (χ3v) is 2.11. The molecule has 1 unspecified atom stereocenters. The Kier molecular flexibility index (Phi) is 5.93. The molecule has 0 N–H and O–H groups in total. The molecule has 1 atom stereocenters. The van der Waals surface area contributed by atoms with E-state index >= 15 is 0 Å². The molecule has 3 heteroatoms. The molecule has 0 saturated heterocycles. The Labute approximate surface area is 74.7 Å². The second-order valence-corrected chi connectivity index (χ2v) is 3.11. The van der Waals surface area contributed by atoms with E-state index in [9.17, 15) is 4.79 Å².